The van der Waals surface area contributed by atoms with E-state index >= 15 is 0 Å². The van der Waals surface area contributed by atoms with Crippen molar-refractivity contribution in [2.45, 2.75) is 20.0 Å². The Hall–Kier alpha value is 0.929. The van der Waals surface area contributed by atoms with Gasteiger partial charge in [0.05, 0.1) is 0 Å². The van der Waals surface area contributed by atoms with Gasteiger partial charge in [-0.1, -0.05) is 0 Å². The summed E-state index contributed by atoms with van der Waals surface area (Å²) in [6.45, 7) is 3.44. The molecule has 0 aromatic rings. The van der Waals surface area contributed by atoms with Gasteiger partial charge in [0.1, 0.15) is 0 Å². The molecule has 0 aliphatic carbocycles. The third kappa shape index (κ3) is 1010. The monoisotopic (exact) mass is 242 g/mol. The number of hydrogen-bond acceptors (Lipinski definition) is 1. The summed E-state index contributed by atoms with van der Waals surface area (Å²) in [7, 11) is 0. The average molecular weight is 242 g/mol. The summed E-state index contributed by atoms with van der Waals surface area (Å²) in [5, 5.41) is 8.06. The van der Waals surface area contributed by atoms with Gasteiger partial charge in [-0.25, -0.2) is 0 Å². The van der Waals surface area contributed by atoms with E-state index in [0.717, 1.165) is 0 Å². The van der Waals surface area contributed by atoms with Crippen molar-refractivity contribution < 1.29 is 69.6 Å². The minimum atomic E-state index is -0.167. The third-order valence-corrected chi connectivity index (χ3v) is 0. The maximum atomic E-state index is 8.06. The maximum absolute atomic E-state index is 8.06. The van der Waals surface area contributed by atoms with Crippen LogP contribution in [0.4, 0.5) is 0 Å². The van der Waals surface area contributed by atoms with Crippen LogP contribution in [0.15, 0.2) is 0 Å². The summed E-state index contributed by atoms with van der Waals surface area (Å²) in [5.41, 5.74) is 0. The van der Waals surface area contributed by atoms with Gasteiger partial charge in [0, 0.05) is 43.2 Å². The van der Waals surface area contributed by atoms with Crippen LogP contribution in [0.5, 0.6) is 0 Å². The van der Waals surface area contributed by atoms with E-state index in [1.54, 1.807) is 13.8 Å². The van der Waals surface area contributed by atoms with Gasteiger partial charge in [-0.2, -0.15) is 0 Å². The predicted molar refractivity (Wildman–Crippen MR) is 20.8 cm³/mol. The molecule has 0 spiro atoms. The molecule has 0 heterocycles. The van der Waals surface area contributed by atoms with Crippen molar-refractivity contribution in [2.75, 3.05) is 0 Å². The quantitative estimate of drug-likeness (QED) is 0.610. The van der Waals surface area contributed by atoms with E-state index in [4.69, 9.17) is 5.11 Å². The van der Waals surface area contributed by atoms with Crippen LogP contribution < -0.4 is 0 Å². The molecular formula is C3H8O6V2-10. The van der Waals surface area contributed by atoms with Crippen molar-refractivity contribution in [2.24, 2.45) is 0 Å². The van der Waals surface area contributed by atoms with Gasteiger partial charge >= 0.3 is 0 Å². The zero-order valence-corrected chi connectivity index (χ0v) is 8.75. The molecule has 0 rings (SSSR count). The number of aliphatic hydroxyl groups is 1. The molecule has 76 valence electrons. The molecule has 6 nitrogen and oxygen atoms in total. The maximum Gasteiger partial charge on any atom is 0.0483 e. The van der Waals surface area contributed by atoms with E-state index in [2.05, 4.69) is 0 Å². The molecule has 0 fully saturated rings. The molecule has 0 saturated carbocycles. The van der Waals surface area contributed by atoms with Gasteiger partial charge in [-0.15, -0.1) is 0 Å². The molecule has 1 N–H and O–H groups in total. The minimum Gasteiger partial charge on any atom is -2.00 e. The normalized spacial score (nSPS) is 3.27. The van der Waals surface area contributed by atoms with Crippen LogP contribution in [0.25, 0.3) is 0 Å². The summed E-state index contributed by atoms with van der Waals surface area (Å²) in [5.74, 6) is 0. The second kappa shape index (κ2) is 69.8. The predicted octanol–water partition coefficient (Wildman–Crippen LogP) is -0.212. The van der Waals surface area contributed by atoms with E-state index in [1.807, 2.05) is 0 Å². The van der Waals surface area contributed by atoms with Gasteiger partial charge in [0.25, 0.3) is 0 Å². The van der Waals surface area contributed by atoms with E-state index in [-0.39, 0.29) is 70.6 Å². The first-order valence-corrected chi connectivity index (χ1v) is 1.41. The fourth-order valence-electron chi connectivity index (χ4n) is 0. The average Bonchev–Trinajstić information content (AvgIpc) is 0.811. The summed E-state index contributed by atoms with van der Waals surface area (Å²) in [4.78, 5) is 0. The minimum absolute atomic E-state index is 0. The fraction of sp³-hybridized carbons (Fsp3) is 1.00. The Morgan fingerprint density at radius 2 is 0.727 bits per heavy atom. The van der Waals surface area contributed by atoms with Crippen molar-refractivity contribution >= 4 is 0 Å². The molecule has 0 aromatic carbocycles. The van der Waals surface area contributed by atoms with Gasteiger partial charge in [0.2, 0.25) is 0 Å². The largest absolute Gasteiger partial charge is 2.00 e. The number of rotatable bonds is 0. The molecule has 8 heteroatoms. The molecule has 11 heavy (non-hydrogen) atoms. The molecule has 0 saturated heterocycles. The van der Waals surface area contributed by atoms with Gasteiger partial charge < -0.3 is 32.5 Å². The summed E-state index contributed by atoms with van der Waals surface area (Å²) in [6, 6.07) is 0. The smallest absolute Gasteiger partial charge is 0.0483 e. The Morgan fingerprint density at radius 3 is 0.727 bits per heavy atom. The first-order valence-electron chi connectivity index (χ1n) is 1.41. The second-order valence-corrected chi connectivity index (χ2v) is 1.09. The van der Waals surface area contributed by atoms with Crippen LogP contribution >= 0.6 is 0 Å². The zero-order chi connectivity index (χ0) is 3.58. The SMILES string of the molecule is CC(C)O.[O-2].[O-2].[O-2].[O-2].[O-2].[V].[V]. The number of hydrogen-bond donors (Lipinski definition) is 1. The Bertz CT molecular complexity index is 20.5. The Labute approximate surface area is 89.7 Å². The molecule has 0 aliphatic rings. The molecule has 2 radical (unpaired) electrons. The summed E-state index contributed by atoms with van der Waals surface area (Å²) < 4.78 is 0. The topological polar surface area (TPSA) is 163 Å². The van der Waals surface area contributed by atoms with Crippen molar-refractivity contribution in [3.63, 3.8) is 0 Å². The zero-order valence-electron chi connectivity index (χ0n) is 5.96. The van der Waals surface area contributed by atoms with Crippen molar-refractivity contribution in [1.82, 2.24) is 0 Å². The van der Waals surface area contributed by atoms with Gasteiger partial charge in [-0.05, 0) is 13.8 Å². The van der Waals surface area contributed by atoms with Crippen LogP contribution in [0.1, 0.15) is 13.8 Å². The first-order chi connectivity index (χ1) is 1.73. The molecule has 0 bridgehead atoms. The van der Waals surface area contributed by atoms with Crippen LogP contribution in [0.2, 0.25) is 0 Å². The molecule has 0 unspecified atom stereocenters. The van der Waals surface area contributed by atoms with E-state index in [9.17, 15) is 0 Å². The standard InChI is InChI=1S/C3H8O.5O.2V/c1-3(2)4;;;;;;;/h3-4H,1-2H3;;;;;;;/q;5*-2;;. The van der Waals surface area contributed by atoms with Crippen molar-refractivity contribution in [3.05, 3.63) is 0 Å². The molecular weight excluding hydrogens is 234 g/mol. The Balaban J connectivity index is -0.00000000214. The Kier molecular flexibility index (Phi) is 586. The van der Waals surface area contributed by atoms with Gasteiger partial charge in [-0.3, -0.25) is 0 Å². The van der Waals surface area contributed by atoms with Crippen LogP contribution in [-0.2, 0) is 64.5 Å². The summed E-state index contributed by atoms with van der Waals surface area (Å²) in [6.07, 6.45) is -0.167. The molecule has 0 aliphatic heterocycles. The van der Waals surface area contributed by atoms with Crippen LogP contribution in [0, 0.1) is 0 Å². The van der Waals surface area contributed by atoms with E-state index in [0.29, 0.717) is 0 Å². The van der Waals surface area contributed by atoms with Crippen molar-refractivity contribution in [1.29, 1.82) is 0 Å². The van der Waals surface area contributed by atoms with Crippen LogP contribution in [-0.4, -0.2) is 11.2 Å². The molecule has 0 aromatic heterocycles. The summed E-state index contributed by atoms with van der Waals surface area (Å²) >= 11 is 0. The first kappa shape index (κ1) is 92.3. The van der Waals surface area contributed by atoms with Crippen molar-refractivity contribution in [3.8, 4) is 0 Å². The molecule has 0 amide bonds. The molecule has 0 atom stereocenters. The van der Waals surface area contributed by atoms with E-state index in [1.165, 1.54) is 0 Å². The second-order valence-electron chi connectivity index (χ2n) is 1.09. The third-order valence-electron chi connectivity index (χ3n) is 0. The number of aliphatic hydroxyl groups excluding tert-OH is 1. The van der Waals surface area contributed by atoms with E-state index < -0.39 is 0 Å². The fourth-order valence-corrected chi connectivity index (χ4v) is 0. The van der Waals surface area contributed by atoms with Gasteiger partial charge in [0.15, 0.2) is 0 Å². The Morgan fingerprint density at radius 1 is 0.727 bits per heavy atom. The van der Waals surface area contributed by atoms with Crippen LogP contribution in [0.3, 0.4) is 0 Å².